The Hall–Kier alpha value is -3.60. The Kier molecular flexibility index (Phi) is 7.22. The smallest absolute Gasteiger partial charge is 0.247 e. The van der Waals surface area contributed by atoms with Crippen LogP contribution in [0.25, 0.3) is 0 Å². The first kappa shape index (κ1) is 21.1. The molecule has 3 aromatic rings. The first-order valence-corrected chi connectivity index (χ1v) is 10.1. The maximum atomic E-state index is 12.8. The van der Waals surface area contributed by atoms with Crippen LogP contribution in [-0.2, 0) is 16.0 Å². The molecule has 1 atom stereocenters. The van der Waals surface area contributed by atoms with Crippen LogP contribution in [0.3, 0.4) is 0 Å². The van der Waals surface area contributed by atoms with E-state index in [1.807, 2.05) is 98.8 Å². The highest BCUT2D eigenvalue weighted by molar-refractivity contribution is 5.97. The maximum Gasteiger partial charge on any atom is 0.247 e. The van der Waals surface area contributed by atoms with E-state index in [2.05, 4.69) is 16.0 Å². The number of hydrogen-bond acceptors (Lipinski definition) is 3. The molecule has 0 aliphatic rings. The second-order valence-electron chi connectivity index (χ2n) is 7.51. The lowest BCUT2D eigenvalue weighted by atomic mass is 10.0. The van der Waals surface area contributed by atoms with E-state index in [9.17, 15) is 9.59 Å². The Morgan fingerprint density at radius 3 is 1.87 bits per heavy atom. The second kappa shape index (κ2) is 10.3. The molecule has 154 valence electrons. The summed E-state index contributed by atoms with van der Waals surface area (Å²) in [6, 6.07) is 26.2. The van der Waals surface area contributed by atoms with Gasteiger partial charge in [0.15, 0.2) is 0 Å². The fourth-order valence-electron chi connectivity index (χ4n) is 3.09. The third kappa shape index (κ3) is 6.21. The molecule has 0 spiro atoms. The number of nitrogens with one attached hydrogen (secondary N) is 3. The topological polar surface area (TPSA) is 70.2 Å². The van der Waals surface area contributed by atoms with E-state index in [1.165, 1.54) is 0 Å². The quantitative estimate of drug-likeness (QED) is 0.510. The highest BCUT2D eigenvalue weighted by Crippen LogP contribution is 2.19. The fourth-order valence-corrected chi connectivity index (χ4v) is 3.09. The zero-order valence-corrected chi connectivity index (χ0v) is 17.3. The summed E-state index contributed by atoms with van der Waals surface area (Å²) < 4.78 is 0. The lowest BCUT2D eigenvalue weighted by Gasteiger charge is -2.22. The van der Waals surface area contributed by atoms with Crippen LogP contribution in [0.2, 0.25) is 0 Å². The number of carbonyl (C=O) groups is 2. The second-order valence-corrected chi connectivity index (χ2v) is 7.51. The Morgan fingerprint density at radius 2 is 1.27 bits per heavy atom. The summed E-state index contributed by atoms with van der Waals surface area (Å²) >= 11 is 0. The minimum absolute atomic E-state index is 0.0382. The summed E-state index contributed by atoms with van der Waals surface area (Å²) in [7, 11) is 0. The number of amides is 2. The van der Waals surface area contributed by atoms with Crippen LogP contribution in [0.4, 0.5) is 17.1 Å². The molecule has 5 nitrogen and oxygen atoms in total. The Balaban J connectivity index is 1.58. The number of benzene rings is 3. The van der Waals surface area contributed by atoms with Crippen molar-refractivity contribution in [3.8, 4) is 0 Å². The summed E-state index contributed by atoms with van der Waals surface area (Å²) in [6.07, 6.45) is 0.247. The third-order valence-corrected chi connectivity index (χ3v) is 4.69. The molecule has 0 heterocycles. The van der Waals surface area contributed by atoms with Gasteiger partial charge >= 0.3 is 0 Å². The average Bonchev–Trinajstić information content (AvgIpc) is 2.74. The van der Waals surface area contributed by atoms with Gasteiger partial charge in [0.05, 0.1) is 6.42 Å². The number of rotatable bonds is 8. The zero-order chi connectivity index (χ0) is 21.3. The normalized spacial score (nSPS) is 11.6. The van der Waals surface area contributed by atoms with Crippen molar-refractivity contribution >= 4 is 28.9 Å². The van der Waals surface area contributed by atoms with Crippen molar-refractivity contribution < 1.29 is 9.59 Å². The van der Waals surface area contributed by atoms with Gasteiger partial charge in [-0.1, -0.05) is 62.4 Å². The summed E-state index contributed by atoms with van der Waals surface area (Å²) in [4.78, 5) is 25.2. The molecule has 0 radical (unpaired) electrons. The number of hydrogen-bond donors (Lipinski definition) is 3. The molecule has 0 saturated heterocycles. The van der Waals surface area contributed by atoms with E-state index in [0.29, 0.717) is 5.69 Å². The van der Waals surface area contributed by atoms with Gasteiger partial charge in [-0.3, -0.25) is 9.59 Å². The van der Waals surface area contributed by atoms with E-state index in [0.717, 1.165) is 16.9 Å². The third-order valence-electron chi connectivity index (χ3n) is 4.69. The molecule has 0 aromatic heterocycles. The first-order chi connectivity index (χ1) is 14.5. The maximum absolute atomic E-state index is 12.8. The van der Waals surface area contributed by atoms with Crippen molar-refractivity contribution in [3.05, 3.63) is 90.5 Å². The average molecular weight is 402 g/mol. The van der Waals surface area contributed by atoms with Crippen molar-refractivity contribution in [3.63, 3.8) is 0 Å². The van der Waals surface area contributed by atoms with E-state index < -0.39 is 6.04 Å². The van der Waals surface area contributed by atoms with Gasteiger partial charge < -0.3 is 16.0 Å². The van der Waals surface area contributed by atoms with Crippen LogP contribution in [0.15, 0.2) is 84.9 Å². The standard InChI is InChI=1S/C25H27N3O2/c1-18(2)24(28-23(29)17-19-9-5-3-6-10-19)25(30)27-22-15-13-21(14-16-22)26-20-11-7-4-8-12-20/h3-16,18,24,26H,17H2,1-2H3,(H,27,30)(H,28,29)/t24-/m0/s1. The molecule has 0 fully saturated rings. The van der Waals surface area contributed by atoms with E-state index in [-0.39, 0.29) is 24.2 Å². The zero-order valence-electron chi connectivity index (χ0n) is 17.3. The minimum atomic E-state index is -0.608. The Bertz CT molecular complexity index is 955. The Labute approximate surface area is 177 Å². The molecule has 3 aromatic carbocycles. The van der Waals surface area contributed by atoms with Crippen LogP contribution in [0.5, 0.6) is 0 Å². The van der Waals surface area contributed by atoms with Gasteiger partial charge in [-0.25, -0.2) is 0 Å². The highest BCUT2D eigenvalue weighted by Gasteiger charge is 2.24. The molecule has 0 saturated carbocycles. The van der Waals surface area contributed by atoms with E-state index >= 15 is 0 Å². The van der Waals surface area contributed by atoms with E-state index in [4.69, 9.17) is 0 Å². The van der Waals surface area contributed by atoms with Crippen molar-refractivity contribution in [1.82, 2.24) is 5.32 Å². The predicted octanol–water partition coefficient (Wildman–Crippen LogP) is 4.75. The van der Waals surface area contributed by atoms with Crippen molar-refractivity contribution in [2.75, 3.05) is 10.6 Å². The number of para-hydroxylation sites is 1. The van der Waals surface area contributed by atoms with Crippen LogP contribution in [-0.4, -0.2) is 17.9 Å². The summed E-state index contributed by atoms with van der Waals surface area (Å²) in [5, 5.41) is 9.07. The van der Waals surface area contributed by atoms with Gasteiger partial charge in [0.25, 0.3) is 0 Å². The molecule has 0 aliphatic carbocycles. The largest absolute Gasteiger partial charge is 0.356 e. The van der Waals surface area contributed by atoms with Crippen LogP contribution < -0.4 is 16.0 Å². The van der Waals surface area contributed by atoms with Gasteiger partial charge in [-0.15, -0.1) is 0 Å². The molecule has 0 aliphatic heterocycles. The van der Waals surface area contributed by atoms with Crippen molar-refractivity contribution in [2.45, 2.75) is 26.3 Å². The molecule has 0 bridgehead atoms. The SMILES string of the molecule is CC(C)[C@H](NC(=O)Cc1ccccc1)C(=O)Nc1ccc(Nc2ccccc2)cc1. The lowest BCUT2D eigenvalue weighted by Crippen LogP contribution is -2.47. The van der Waals surface area contributed by atoms with Gasteiger partial charge in [-0.05, 0) is 47.9 Å². The lowest BCUT2D eigenvalue weighted by molar-refractivity contribution is -0.127. The fraction of sp³-hybridized carbons (Fsp3) is 0.200. The Morgan fingerprint density at radius 1 is 0.733 bits per heavy atom. The van der Waals surface area contributed by atoms with Crippen molar-refractivity contribution in [2.24, 2.45) is 5.92 Å². The van der Waals surface area contributed by atoms with E-state index in [1.54, 1.807) is 0 Å². The molecule has 2 amide bonds. The molecule has 3 rings (SSSR count). The molecule has 3 N–H and O–H groups in total. The van der Waals surface area contributed by atoms with Gasteiger partial charge in [-0.2, -0.15) is 0 Å². The molecular formula is C25H27N3O2. The molecule has 5 heteroatoms. The van der Waals surface area contributed by atoms with Crippen LogP contribution in [0, 0.1) is 5.92 Å². The minimum Gasteiger partial charge on any atom is -0.356 e. The highest BCUT2D eigenvalue weighted by atomic mass is 16.2. The van der Waals surface area contributed by atoms with Crippen LogP contribution >= 0.6 is 0 Å². The number of anilines is 3. The van der Waals surface area contributed by atoms with Crippen molar-refractivity contribution in [1.29, 1.82) is 0 Å². The molecular weight excluding hydrogens is 374 g/mol. The first-order valence-electron chi connectivity index (χ1n) is 10.1. The molecule has 30 heavy (non-hydrogen) atoms. The summed E-state index contributed by atoms with van der Waals surface area (Å²) in [5.74, 6) is -0.434. The monoisotopic (exact) mass is 401 g/mol. The summed E-state index contributed by atoms with van der Waals surface area (Å²) in [5.41, 5.74) is 3.52. The van der Waals surface area contributed by atoms with Crippen LogP contribution in [0.1, 0.15) is 19.4 Å². The predicted molar refractivity (Wildman–Crippen MR) is 122 cm³/mol. The van der Waals surface area contributed by atoms with Gasteiger partial charge in [0.1, 0.15) is 6.04 Å². The van der Waals surface area contributed by atoms with Gasteiger partial charge in [0.2, 0.25) is 11.8 Å². The number of carbonyl (C=O) groups excluding carboxylic acids is 2. The molecule has 0 unspecified atom stereocenters. The summed E-state index contributed by atoms with van der Waals surface area (Å²) in [6.45, 7) is 3.83. The van der Waals surface area contributed by atoms with Gasteiger partial charge in [0, 0.05) is 17.1 Å².